The van der Waals surface area contributed by atoms with Gasteiger partial charge in [0.2, 0.25) is 0 Å². The van der Waals surface area contributed by atoms with Gasteiger partial charge in [-0.3, -0.25) is 8.98 Å². The second kappa shape index (κ2) is 14.0. The van der Waals surface area contributed by atoms with E-state index in [1.807, 2.05) is 67.6 Å². The highest BCUT2D eigenvalue weighted by atomic mass is 32.2. The third-order valence-corrected chi connectivity index (χ3v) is 7.69. The largest absolute Gasteiger partial charge is 0.454 e. The molecule has 1 aliphatic heterocycles. The fourth-order valence-electron chi connectivity index (χ4n) is 4.37. The van der Waals surface area contributed by atoms with Crippen LogP contribution in [0.2, 0.25) is 0 Å². The predicted molar refractivity (Wildman–Crippen MR) is 146 cm³/mol. The first kappa shape index (κ1) is 29.9. The van der Waals surface area contributed by atoms with Crippen LogP contribution >= 0.6 is 0 Å². The predicted octanol–water partition coefficient (Wildman–Crippen LogP) is 4.17. The Balaban J connectivity index is 1.62. The van der Waals surface area contributed by atoms with Gasteiger partial charge < -0.3 is 23.7 Å². The maximum absolute atomic E-state index is 13.0. The van der Waals surface area contributed by atoms with Crippen molar-refractivity contribution in [2.75, 3.05) is 13.7 Å². The van der Waals surface area contributed by atoms with Gasteiger partial charge in [-0.05, 0) is 30.2 Å². The SMILES string of the molecule is CO[C@H]1O[C@H](COS(=O)(=O)c2ccc(C)cc2)[C@@H](OCc2ccccc2)[C@H](OCc2ccccc2)[C@@H]1OC(C)=O. The van der Waals surface area contributed by atoms with Gasteiger partial charge in [0.05, 0.1) is 24.7 Å². The number of methoxy groups -OCH3 is 1. The van der Waals surface area contributed by atoms with E-state index in [4.69, 9.17) is 27.9 Å². The topological polar surface area (TPSA) is 107 Å². The molecule has 3 aromatic carbocycles. The van der Waals surface area contributed by atoms with Crippen LogP contribution in [0.25, 0.3) is 0 Å². The van der Waals surface area contributed by atoms with E-state index in [0.717, 1.165) is 16.7 Å². The van der Waals surface area contributed by atoms with Gasteiger partial charge in [0.25, 0.3) is 10.1 Å². The van der Waals surface area contributed by atoms with E-state index in [-0.39, 0.29) is 24.7 Å². The van der Waals surface area contributed by atoms with Crippen molar-refractivity contribution in [2.24, 2.45) is 0 Å². The van der Waals surface area contributed by atoms with Gasteiger partial charge in [0.15, 0.2) is 12.4 Å². The molecule has 40 heavy (non-hydrogen) atoms. The number of hydrogen-bond acceptors (Lipinski definition) is 9. The first-order valence-corrected chi connectivity index (χ1v) is 14.3. The van der Waals surface area contributed by atoms with Gasteiger partial charge in [-0.15, -0.1) is 0 Å². The molecule has 0 N–H and O–H groups in total. The molecule has 1 aliphatic rings. The van der Waals surface area contributed by atoms with Gasteiger partial charge in [-0.2, -0.15) is 8.42 Å². The lowest BCUT2D eigenvalue weighted by molar-refractivity contribution is -0.312. The van der Waals surface area contributed by atoms with Crippen LogP contribution < -0.4 is 0 Å². The number of carbonyl (C=O) groups excluding carboxylic acids is 1. The lowest BCUT2D eigenvalue weighted by atomic mass is 9.98. The van der Waals surface area contributed by atoms with E-state index < -0.39 is 46.8 Å². The lowest BCUT2D eigenvalue weighted by Crippen LogP contribution is -2.62. The molecule has 0 amide bonds. The summed E-state index contributed by atoms with van der Waals surface area (Å²) < 4.78 is 61.2. The van der Waals surface area contributed by atoms with Crippen molar-refractivity contribution in [3.05, 3.63) is 102 Å². The molecule has 0 aliphatic carbocycles. The molecule has 0 saturated carbocycles. The van der Waals surface area contributed by atoms with Crippen LogP contribution in [0.4, 0.5) is 0 Å². The normalized spacial score (nSPS) is 23.0. The van der Waals surface area contributed by atoms with Crippen LogP contribution in [0.1, 0.15) is 23.6 Å². The molecule has 3 aromatic rings. The standard InChI is InChI=1S/C30H34O9S/c1-21-14-16-25(17-15-21)40(32,33)37-20-26-27(35-18-23-10-6-4-7-11-23)28(36-19-24-12-8-5-9-13-24)29(38-22(2)31)30(34-3)39-26/h4-17,26-30H,18-20H2,1-3H3/t26-,27-,28+,29+,30+/m1/s1. The van der Waals surface area contributed by atoms with E-state index in [9.17, 15) is 13.2 Å². The van der Waals surface area contributed by atoms with Crippen molar-refractivity contribution in [3.63, 3.8) is 0 Å². The molecular formula is C30H34O9S. The summed E-state index contributed by atoms with van der Waals surface area (Å²) in [6.07, 6.45) is -4.74. The Kier molecular flexibility index (Phi) is 10.4. The zero-order valence-corrected chi connectivity index (χ0v) is 23.5. The molecule has 10 heteroatoms. The van der Waals surface area contributed by atoms with Gasteiger partial charge in [-0.25, -0.2) is 0 Å². The van der Waals surface area contributed by atoms with Crippen molar-refractivity contribution in [2.45, 2.75) is 62.7 Å². The Bertz CT molecular complexity index is 1310. The molecule has 1 fully saturated rings. The van der Waals surface area contributed by atoms with Crippen LogP contribution in [0.15, 0.2) is 89.8 Å². The molecule has 1 heterocycles. The number of esters is 1. The first-order valence-electron chi connectivity index (χ1n) is 12.9. The molecule has 0 radical (unpaired) electrons. The number of hydrogen-bond donors (Lipinski definition) is 0. The Morgan fingerprint density at radius 1 is 0.800 bits per heavy atom. The van der Waals surface area contributed by atoms with E-state index in [1.165, 1.54) is 26.2 Å². The van der Waals surface area contributed by atoms with Crippen molar-refractivity contribution < 1.29 is 41.1 Å². The average Bonchev–Trinajstić information content (AvgIpc) is 2.95. The van der Waals surface area contributed by atoms with Crippen LogP contribution in [0.5, 0.6) is 0 Å². The summed E-state index contributed by atoms with van der Waals surface area (Å²) in [5, 5.41) is 0. The molecule has 0 bridgehead atoms. The molecule has 214 valence electrons. The maximum atomic E-state index is 13.0. The highest BCUT2D eigenvalue weighted by Crippen LogP contribution is 2.31. The zero-order valence-electron chi connectivity index (χ0n) is 22.7. The van der Waals surface area contributed by atoms with E-state index in [1.54, 1.807) is 12.1 Å². The van der Waals surface area contributed by atoms with Crippen molar-refractivity contribution in [3.8, 4) is 0 Å². The zero-order chi connectivity index (χ0) is 28.5. The van der Waals surface area contributed by atoms with Crippen LogP contribution in [-0.2, 0) is 56.0 Å². The second-order valence-electron chi connectivity index (χ2n) is 9.43. The molecule has 5 atom stereocenters. The Labute approximate surface area is 235 Å². The monoisotopic (exact) mass is 570 g/mol. The second-order valence-corrected chi connectivity index (χ2v) is 11.0. The minimum atomic E-state index is -4.10. The van der Waals surface area contributed by atoms with E-state index in [2.05, 4.69) is 0 Å². The molecule has 4 rings (SSSR count). The first-order chi connectivity index (χ1) is 19.3. The summed E-state index contributed by atoms with van der Waals surface area (Å²) in [5.41, 5.74) is 2.69. The van der Waals surface area contributed by atoms with Gasteiger partial charge in [0, 0.05) is 14.0 Å². The van der Waals surface area contributed by atoms with Gasteiger partial charge in [-0.1, -0.05) is 78.4 Å². The Morgan fingerprint density at radius 3 is 1.88 bits per heavy atom. The third-order valence-electron chi connectivity index (χ3n) is 6.39. The van der Waals surface area contributed by atoms with Crippen molar-refractivity contribution in [1.29, 1.82) is 0 Å². The van der Waals surface area contributed by atoms with E-state index in [0.29, 0.717) is 0 Å². The molecule has 0 spiro atoms. The summed E-state index contributed by atoms with van der Waals surface area (Å²) in [5.74, 6) is -0.553. The average molecular weight is 571 g/mol. The number of ether oxygens (including phenoxy) is 5. The number of aryl methyl sites for hydroxylation is 1. The maximum Gasteiger partial charge on any atom is 0.303 e. The summed E-state index contributed by atoms with van der Waals surface area (Å²) in [6.45, 7) is 3.12. The smallest absolute Gasteiger partial charge is 0.303 e. The Morgan fingerprint density at radius 2 is 1.35 bits per heavy atom. The highest BCUT2D eigenvalue weighted by molar-refractivity contribution is 7.86. The summed E-state index contributed by atoms with van der Waals surface area (Å²) in [4.78, 5) is 12.1. The summed E-state index contributed by atoms with van der Waals surface area (Å²) in [6, 6.07) is 25.3. The Hall–Kier alpha value is -3.12. The van der Waals surface area contributed by atoms with Crippen LogP contribution in [0.3, 0.4) is 0 Å². The highest BCUT2D eigenvalue weighted by Gasteiger charge is 2.50. The number of benzene rings is 3. The van der Waals surface area contributed by atoms with Crippen molar-refractivity contribution in [1.82, 2.24) is 0 Å². The third kappa shape index (κ3) is 7.97. The fourth-order valence-corrected chi connectivity index (χ4v) is 5.29. The summed E-state index contributed by atoms with van der Waals surface area (Å²) >= 11 is 0. The molecule has 9 nitrogen and oxygen atoms in total. The minimum Gasteiger partial charge on any atom is -0.454 e. The molecule has 0 unspecified atom stereocenters. The molecule has 0 aromatic heterocycles. The lowest BCUT2D eigenvalue weighted by Gasteiger charge is -2.44. The van der Waals surface area contributed by atoms with Crippen molar-refractivity contribution >= 4 is 16.1 Å². The van der Waals surface area contributed by atoms with Crippen LogP contribution in [-0.4, -0.2) is 58.8 Å². The number of carbonyl (C=O) groups is 1. The quantitative estimate of drug-likeness (QED) is 0.234. The fraction of sp³-hybridized carbons (Fsp3) is 0.367. The van der Waals surface area contributed by atoms with E-state index >= 15 is 0 Å². The molecular weight excluding hydrogens is 536 g/mol. The van der Waals surface area contributed by atoms with Crippen LogP contribution in [0, 0.1) is 6.92 Å². The number of rotatable bonds is 12. The van der Waals surface area contributed by atoms with Gasteiger partial charge >= 0.3 is 5.97 Å². The van der Waals surface area contributed by atoms with Gasteiger partial charge in [0.1, 0.15) is 18.3 Å². The molecule has 1 saturated heterocycles. The minimum absolute atomic E-state index is 0.0219. The summed E-state index contributed by atoms with van der Waals surface area (Å²) in [7, 11) is -2.69.